The van der Waals surface area contributed by atoms with Crippen molar-refractivity contribution in [2.75, 3.05) is 45.9 Å². The van der Waals surface area contributed by atoms with Gasteiger partial charge in [0.25, 0.3) is 0 Å². The molecule has 2 fully saturated rings. The van der Waals surface area contributed by atoms with Gasteiger partial charge < -0.3 is 19.1 Å². The molecule has 0 spiro atoms. The summed E-state index contributed by atoms with van der Waals surface area (Å²) in [6, 6.07) is 12.3. The molecule has 2 aromatic carbocycles. The molecule has 0 aromatic heterocycles. The van der Waals surface area contributed by atoms with E-state index in [1.165, 1.54) is 31.6 Å². The minimum atomic E-state index is -0.318. The quantitative estimate of drug-likeness (QED) is 0.749. The van der Waals surface area contributed by atoms with Gasteiger partial charge in [0, 0.05) is 43.5 Å². The van der Waals surface area contributed by atoms with E-state index < -0.39 is 0 Å². The first-order valence-corrected chi connectivity index (χ1v) is 10.2. The predicted molar refractivity (Wildman–Crippen MR) is 112 cm³/mol. The van der Waals surface area contributed by atoms with E-state index in [2.05, 4.69) is 21.9 Å². The van der Waals surface area contributed by atoms with Crippen molar-refractivity contribution in [3.8, 4) is 17.2 Å². The van der Waals surface area contributed by atoms with Gasteiger partial charge >= 0.3 is 0 Å². The lowest BCUT2D eigenvalue weighted by Crippen LogP contribution is -2.55. The summed E-state index contributed by atoms with van der Waals surface area (Å²) in [5.74, 6) is 1.53. The normalized spacial score (nSPS) is 22.1. The minimum Gasteiger partial charge on any atom is -0.494 e. The number of halogens is 1. The second-order valence-corrected chi connectivity index (χ2v) is 7.72. The summed E-state index contributed by atoms with van der Waals surface area (Å²) in [7, 11) is 4.86. The Labute approximate surface area is 172 Å². The Morgan fingerprint density at radius 2 is 1.66 bits per heavy atom. The van der Waals surface area contributed by atoms with Crippen LogP contribution in [0, 0.1) is 5.82 Å². The molecule has 5 nitrogen and oxygen atoms in total. The molecular formula is C23H29FN2O3. The van der Waals surface area contributed by atoms with E-state index in [1.54, 1.807) is 20.3 Å². The van der Waals surface area contributed by atoms with Crippen LogP contribution in [0.3, 0.4) is 0 Å². The Kier molecular flexibility index (Phi) is 5.81. The molecule has 156 valence electrons. The second kappa shape index (κ2) is 8.49. The van der Waals surface area contributed by atoms with Crippen molar-refractivity contribution in [3.63, 3.8) is 0 Å². The van der Waals surface area contributed by atoms with E-state index in [-0.39, 0.29) is 5.82 Å². The maximum Gasteiger partial charge on any atom is 0.165 e. The molecule has 0 aliphatic carbocycles. The fourth-order valence-corrected chi connectivity index (χ4v) is 4.75. The van der Waals surface area contributed by atoms with Crippen LogP contribution in [-0.4, -0.2) is 51.9 Å². The molecule has 29 heavy (non-hydrogen) atoms. The summed E-state index contributed by atoms with van der Waals surface area (Å²) >= 11 is 0. The summed E-state index contributed by atoms with van der Waals surface area (Å²) in [5.41, 5.74) is 2.31. The number of anilines is 1. The van der Waals surface area contributed by atoms with Crippen molar-refractivity contribution in [3.05, 3.63) is 47.8 Å². The lowest BCUT2D eigenvalue weighted by molar-refractivity contribution is 0.0715. The molecular weight excluding hydrogens is 371 g/mol. The molecule has 2 heterocycles. The van der Waals surface area contributed by atoms with Gasteiger partial charge in [0.1, 0.15) is 0 Å². The highest BCUT2D eigenvalue weighted by Crippen LogP contribution is 2.40. The lowest BCUT2D eigenvalue weighted by Gasteiger charge is -2.49. The number of methoxy groups -OCH3 is 3. The van der Waals surface area contributed by atoms with Crippen LogP contribution in [0.15, 0.2) is 36.4 Å². The molecule has 2 aliphatic rings. The third-order valence-electron chi connectivity index (χ3n) is 6.24. The zero-order valence-corrected chi connectivity index (χ0v) is 17.4. The molecule has 2 saturated heterocycles. The largest absolute Gasteiger partial charge is 0.494 e. The summed E-state index contributed by atoms with van der Waals surface area (Å²) in [6.07, 6.45) is 3.52. The van der Waals surface area contributed by atoms with E-state index in [0.717, 1.165) is 43.2 Å². The number of hydrogen-bond acceptors (Lipinski definition) is 5. The van der Waals surface area contributed by atoms with Gasteiger partial charge in [0.2, 0.25) is 0 Å². The van der Waals surface area contributed by atoms with E-state index in [4.69, 9.17) is 14.2 Å². The van der Waals surface area contributed by atoms with Crippen molar-refractivity contribution in [2.45, 2.75) is 31.3 Å². The minimum absolute atomic E-state index is 0.303. The average Bonchev–Trinajstić information content (AvgIpc) is 2.78. The van der Waals surface area contributed by atoms with Crippen LogP contribution in [0.4, 0.5) is 10.1 Å². The highest BCUT2D eigenvalue weighted by Gasteiger charge is 2.36. The van der Waals surface area contributed by atoms with Crippen molar-refractivity contribution in [1.29, 1.82) is 0 Å². The number of ether oxygens (including phenoxy) is 3. The van der Waals surface area contributed by atoms with Gasteiger partial charge in [-0.3, -0.25) is 4.90 Å². The fourth-order valence-electron chi connectivity index (χ4n) is 4.75. The molecule has 2 aromatic rings. The summed E-state index contributed by atoms with van der Waals surface area (Å²) in [4.78, 5) is 4.97. The second-order valence-electron chi connectivity index (χ2n) is 7.72. The molecule has 6 heteroatoms. The molecule has 2 aliphatic heterocycles. The van der Waals surface area contributed by atoms with Gasteiger partial charge in [-0.1, -0.05) is 6.07 Å². The van der Waals surface area contributed by atoms with Gasteiger partial charge in [-0.25, -0.2) is 4.39 Å². The summed E-state index contributed by atoms with van der Waals surface area (Å²) in [6.45, 7) is 2.83. The SMILES string of the molecule is COc1cc(N2CCN3C(CCC[C@@H]3c3ccc(OC)c(OC)c3)C2)ccc1F. The maximum absolute atomic E-state index is 13.8. The van der Waals surface area contributed by atoms with Crippen LogP contribution in [0.25, 0.3) is 0 Å². The smallest absolute Gasteiger partial charge is 0.165 e. The number of hydrogen-bond donors (Lipinski definition) is 0. The lowest BCUT2D eigenvalue weighted by atomic mass is 9.89. The zero-order valence-electron chi connectivity index (χ0n) is 17.4. The summed E-state index contributed by atoms with van der Waals surface area (Å²) < 4.78 is 29.9. The highest BCUT2D eigenvalue weighted by atomic mass is 19.1. The van der Waals surface area contributed by atoms with Gasteiger partial charge in [-0.05, 0) is 49.1 Å². The molecule has 0 N–H and O–H groups in total. The molecule has 1 unspecified atom stereocenters. The van der Waals surface area contributed by atoms with Gasteiger partial charge in [0.05, 0.1) is 21.3 Å². The van der Waals surface area contributed by atoms with Gasteiger partial charge in [0.15, 0.2) is 23.1 Å². The zero-order chi connectivity index (χ0) is 20.4. The molecule has 0 bridgehead atoms. The van der Waals surface area contributed by atoms with E-state index in [0.29, 0.717) is 17.8 Å². The van der Waals surface area contributed by atoms with Crippen LogP contribution in [0.1, 0.15) is 30.9 Å². The monoisotopic (exact) mass is 400 g/mol. The van der Waals surface area contributed by atoms with Crippen LogP contribution < -0.4 is 19.1 Å². The number of piperazine rings is 1. The Morgan fingerprint density at radius 3 is 2.41 bits per heavy atom. The van der Waals surface area contributed by atoms with Crippen LogP contribution >= 0.6 is 0 Å². The van der Waals surface area contributed by atoms with Crippen molar-refractivity contribution in [1.82, 2.24) is 4.90 Å². The fraction of sp³-hybridized carbons (Fsp3) is 0.478. The molecule has 0 amide bonds. The molecule has 2 atom stereocenters. The maximum atomic E-state index is 13.8. The topological polar surface area (TPSA) is 34.2 Å². The summed E-state index contributed by atoms with van der Waals surface area (Å²) in [5, 5.41) is 0. The van der Waals surface area contributed by atoms with Crippen molar-refractivity contribution < 1.29 is 18.6 Å². The van der Waals surface area contributed by atoms with Gasteiger partial charge in [-0.2, -0.15) is 0 Å². The third kappa shape index (κ3) is 3.86. The first-order valence-electron chi connectivity index (χ1n) is 10.2. The van der Waals surface area contributed by atoms with Crippen LogP contribution in [-0.2, 0) is 0 Å². The van der Waals surface area contributed by atoms with Gasteiger partial charge in [-0.15, -0.1) is 0 Å². The first kappa shape index (κ1) is 19.8. The third-order valence-corrected chi connectivity index (χ3v) is 6.24. The number of rotatable bonds is 5. The van der Waals surface area contributed by atoms with E-state index in [9.17, 15) is 4.39 Å². The highest BCUT2D eigenvalue weighted by molar-refractivity contribution is 5.52. The predicted octanol–water partition coefficient (Wildman–Crippen LogP) is 4.27. The number of fused-ring (bicyclic) bond motifs is 1. The van der Waals surface area contributed by atoms with E-state index in [1.807, 2.05) is 12.1 Å². The number of piperidine rings is 1. The van der Waals surface area contributed by atoms with E-state index >= 15 is 0 Å². The molecule has 0 radical (unpaired) electrons. The average molecular weight is 400 g/mol. The van der Waals surface area contributed by atoms with Crippen molar-refractivity contribution >= 4 is 5.69 Å². The standard InChI is InChI=1S/C23H29FN2O3/c1-27-21-10-7-16(13-23(21)29-3)20-6-4-5-18-15-25(11-12-26(18)20)17-8-9-19(24)22(14-17)28-2/h7-10,13-14,18,20H,4-6,11-12,15H2,1-3H3/t18?,20-/m1/s1. The number of nitrogens with zero attached hydrogens (tertiary/aromatic N) is 2. The Morgan fingerprint density at radius 1 is 0.862 bits per heavy atom. The van der Waals surface area contributed by atoms with Crippen molar-refractivity contribution in [2.24, 2.45) is 0 Å². The Bertz CT molecular complexity index is 860. The Hall–Kier alpha value is -2.47. The first-order chi connectivity index (χ1) is 14.1. The van der Waals surface area contributed by atoms with Crippen LogP contribution in [0.2, 0.25) is 0 Å². The Balaban J connectivity index is 1.53. The molecule has 0 saturated carbocycles. The molecule has 4 rings (SSSR count). The van der Waals surface area contributed by atoms with Crippen LogP contribution in [0.5, 0.6) is 17.2 Å². The number of benzene rings is 2.